The van der Waals surface area contributed by atoms with Gasteiger partial charge >= 0.3 is 10.4 Å². The Balaban J connectivity index is 0.000000463. The summed E-state index contributed by atoms with van der Waals surface area (Å²) < 4.78 is 31.6. The third kappa shape index (κ3) is 6.23. The van der Waals surface area contributed by atoms with Crippen LogP contribution in [0.25, 0.3) is 11.1 Å². The van der Waals surface area contributed by atoms with Gasteiger partial charge in [-0.15, -0.1) is 0 Å². The summed E-state index contributed by atoms with van der Waals surface area (Å²) in [5, 5.41) is 1.69. The maximum Gasteiger partial charge on any atom is 0.394 e. The van der Waals surface area contributed by atoms with Gasteiger partial charge in [-0.2, -0.15) is 8.42 Å². The minimum atomic E-state index is -4.67. The first-order valence-electron chi connectivity index (χ1n) is 5.59. The zero-order valence-electron chi connectivity index (χ0n) is 11.1. The highest BCUT2D eigenvalue weighted by Crippen LogP contribution is 2.40. The third-order valence-corrected chi connectivity index (χ3v) is 3.74. The predicted molar refractivity (Wildman–Crippen MR) is 94.9 cm³/mol. The van der Waals surface area contributed by atoms with Crippen molar-refractivity contribution in [2.75, 3.05) is 11.5 Å². The van der Waals surface area contributed by atoms with Crippen LogP contribution in [0.4, 0.5) is 11.4 Å². The average molecular weight is 420 g/mol. The Morgan fingerprint density at radius 1 is 0.696 bits per heavy atom. The molecule has 0 atom stereocenters. The van der Waals surface area contributed by atoms with Crippen LogP contribution in [0.2, 0.25) is 20.1 Å². The van der Waals surface area contributed by atoms with E-state index in [-0.39, 0.29) is 0 Å². The number of halogens is 4. The van der Waals surface area contributed by atoms with Crippen LogP contribution in [-0.2, 0) is 10.4 Å². The van der Waals surface area contributed by atoms with E-state index in [0.717, 1.165) is 0 Å². The Labute approximate surface area is 152 Å². The monoisotopic (exact) mass is 418 g/mol. The summed E-state index contributed by atoms with van der Waals surface area (Å²) >= 11 is 24.2. The quantitative estimate of drug-likeness (QED) is 0.398. The second-order valence-electron chi connectivity index (χ2n) is 4.15. The fourth-order valence-electron chi connectivity index (χ4n) is 1.54. The molecule has 126 valence electrons. The lowest BCUT2D eigenvalue weighted by molar-refractivity contribution is 0.381. The van der Waals surface area contributed by atoms with E-state index in [1.807, 2.05) is 0 Å². The molecule has 0 fully saturated rings. The van der Waals surface area contributed by atoms with E-state index in [1.54, 1.807) is 24.3 Å². The molecule has 0 amide bonds. The molecular weight excluding hydrogens is 410 g/mol. The van der Waals surface area contributed by atoms with E-state index in [1.165, 1.54) is 0 Å². The molecule has 0 spiro atoms. The van der Waals surface area contributed by atoms with Gasteiger partial charge in [-0.1, -0.05) is 46.4 Å². The van der Waals surface area contributed by atoms with Crippen LogP contribution in [-0.4, -0.2) is 17.5 Å². The maximum absolute atomic E-state index is 8.74. The molecule has 2 rings (SSSR count). The molecule has 0 radical (unpaired) electrons. The summed E-state index contributed by atoms with van der Waals surface area (Å²) in [5.74, 6) is 0. The molecule has 11 heteroatoms. The number of nitrogen functional groups attached to an aromatic ring is 2. The molecule has 2 aromatic rings. The van der Waals surface area contributed by atoms with Gasteiger partial charge in [-0.25, -0.2) is 0 Å². The molecule has 0 saturated heterocycles. The lowest BCUT2D eigenvalue weighted by Gasteiger charge is -2.11. The van der Waals surface area contributed by atoms with Crippen molar-refractivity contribution in [1.82, 2.24) is 0 Å². The second kappa shape index (κ2) is 7.76. The van der Waals surface area contributed by atoms with Gasteiger partial charge in [0.15, 0.2) is 0 Å². The Morgan fingerprint density at radius 2 is 0.957 bits per heavy atom. The molecule has 0 heterocycles. The number of hydrogen-bond donors (Lipinski definition) is 4. The van der Waals surface area contributed by atoms with Gasteiger partial charge in [0.25, 0.3) is 0 Å². The molecule has 0 aliphatic rings. The second-order valence-corrected chi connectivity index (χ2v) is 6.68. The lowest BCUT2D eigenvalue weighted by Crippen LogP contribution is -1.91. The molecule has 2 aromatic carbocycles. The van der Waals surface area contributed by atoms with Crippen LogP contribution in [0.1, 0.15) is 0 Å². The van der Waals surface area contributed by atoms with E-state index in [0.29, 0.717) is 42.6 Å². The molecule has 0 bridgehead atoms. The van der Waals surface area contributed by atoms with Crippen molar-refractivity contribution in [3.63, 3.8) is 0 Å². The lowest BCUT2D eigenvalue weighted by atomic mass is 10.0. The topological polar surface area (TPSA) is 127 Å². The minimum absolute atomic E-state index is 0.401. The number of rotatable bonds is 1. The predicted octanol–water partition coefficient (Wildman–Crippen LogP) is 4.48. The fraction of sp³-hybridized carbons (Fsp3) is 0. The smallest absolute Gasteiger partial charge is 0.394 e. The molecular formula is C12H10Cl4N2O4S. The van der Waals surface area contributed by atoms with Crippen molar-refractivity contribution in [3.05, 3.63) is 44.4 Å². The van der Waals surface area contributed by atoms with Crippen molar-refractivity contribution < 1.29 is 17.5 Å². The Kier molecular flexibility index (Phi) is 6.79. The zero-order valence-corrected chi connectivity index (χ0v) is 14.9. The van der Waals surface area contributed by atoms with Crippen molar-refractivity contribution in [2.45, 2.75) is 0 Å². The van der Waals surface area contributed by atoms with Crippen molar-refractivity contribution >= 4 is 68.2 Å². The Hall–Kier alpha value is -0.930. The third-order valence-electron chi connectivity index (χ3n) is 2.46. The molecule has 0 aromatic heterocycles. The largest absolute Gasteiger partial charge is 0.397 e. The van der Waals surface area contributed by atoms with Crippen molar-refractivity contribution in [3.8, 4) is 11.1 Å². The first-order valence-corrected chi connectivity index (χ1v) is 8.50. The fourth-order valence-corrected chi connectivity index (χ4v) is 2.41. The van der Waals surface area contributed by atoms with E-state index in [2.05, 4.69) is 0 Å². The highest BCUT2D eigenvalue weighted by Gasteiger charge is 2.12. The van der Waals surface area contributed by atoms with Gasteiger partial charge in [0, 0.05) is 11.1 Å². The molecule has 0 unspecified atom stereocenters. The highest BCUT2D eigenvalue weighted by molar-refractivity contribution is 7.79. The number of anilines is 2. The number of nitrogens with two attached hydrogens (primary N) is 2. The minimum Gasteiger partial charge on any atom is -0.397 e. The van der Waals surface area contributed by atoms with Gasteiger partial charge in [0.1, 0.15) is 0 Å². The highest BCUT2D eigenvalue weighted by atomic mass is 35.5. The first kappa shape index (κ1) is 20.1. The van der Waals surface area contributed by atoms with Gasteiger partial charge in [-0.3, -0.25) is 9.11 Å². The van der Waals surface area contributed by atoms with Gasteiger partial charge in [0.2, 0.25) is 0 Å². The van der Waals surface area contributed by atoms with E-state index in [4.69, 9.17) is 75.4 Å². The molecule has 6 nitrogen and oxygen atoms in total. The summed E-state index contributed by atoms with van der Waals surface area (Å²) in [6.07, 6.45) is 0. The van der Waals surface area contributed by atoms with E-state index in [9.17, 15) is 0 Å². The molecule has 6 N–H and O–H groups in total. The van der Waals surface area contributed by atoms with Crippen LogP contribution in [0.3, 0.4) is 0 Å². The van der Waals surface area contributed by atoms with Crippen molar-refractivity contribution in [1.29, 1.82) is 0 Å². The zero-order chi connectivity index (χ0) is 17.9. The van der Waals surface area contributed by atoms with Crippen LogP contribution in [0.15, 0.2) is 24.3 Å². The van der Waals surface area contributed by atoms with Crippen LogP contribution in [0.5, 0.6) is 0 Å². The molecule has 0 aliphatic carbocycles. The van der Waals surface area contributed by atoms with E-state index < -0.39 is 10.4 Å². The van der Waals surface area contributed by atoms with Crippen LogP contribution < -0.4 is 11.5 Å². The summed E-state index contributed by atoms with van der Waals surface area (Å²) in [7, 11) is -4.67. The van der Waals surface area contributed by atoms with Crippen molar-refractivity contribution in [2.24, 2.45) is 0 Å². The van der Waals surface area contributed by atoms with Crippen LogP contribution in [0, 0.1) is 0 Å². The first-order chi connectivity index (χ1) is 10.4. The van der Waals surface area contributed by atoms with E-state index >= 15 is 0 Å². The molecule has 0 aliphatic heterocycles. The molecule has 0 saturated carbocycles. The maximum atomic E-state index is 8.74. The standard InChI is InChI=1S/C12H8Cl4N2.H2O4S/c13-7-3-11(17)9(15)1-5(7)6-2-10(16)12(18)4-8(6)14;1-5(2,3)4/h1-4H,17-18H2;(H2,1,2,3,4). The Morgan fingerprint density at radius 3 is 1.22 bits per heavy atom. The summed E-state index contributed by atoms with van der Waals surface area (Å²) in [6.45, 7) is 0. The number of benzene rings is 2. The summed E-state index contributed by atoms with van der Waals surface area (Å²) in [5.41, 5.74) is 13.5. The Bertz CT molecular complexity index is 780. The normalized spacial score (nSPS) is 10.9. The average Bonchev–Trinajstić information content (AvgIpc) is 2.36. The molecule has 23 heavy (non-hydrogen) atoms. The summed E-state index contributed by atoms with van der Waals surface area (Å²) in [4.78, 5) is 0. The summed E-state index contributed by atoms with van der Waals surface area (Å²) in [6, 6.07) is 6.43. The van der Waals surface area contributed by atoms with Crippen LogP contribution >= 0.6 is 46.4 Å². The number of hydrogen-bond acceptors (Lipinski definition) is 4. The SMILES string of the molecule is Nc1cc(Cl)c(-c2cc(Cl)c(N)cc2Cl)cc1Cl.O=S(=O)(O)O. The van der Waals surface area contributed by atoms with Gasteiger partial charge in [0.05, 0.1) is 31.5 Å². The van der Waals surface area contributed by atoms with Gasteiger partial charge < -0.3 is 11.5 Å². The van der Waals surface area contributed by atoms with Gasteiger partial charge in [-0.05, 0) is 24.3 Å².